The number of rotatable bonds is 0. The second kappa shape index (κ2) is 2.22. The Morgan fingerprint density at radius 3 is 2.67 bits per heavy atom. The Hall–Kier alpha value is -1.04. The molecule has 0 aromatic heterocycles. The first kappa shape index (κ1) is 6.47. The molecule has 1 aromatic carbocycles. The van der Waals surface area contributed by atoms with Crippen LogP contribution in [0.25, 0.3) is 6.08 Å². The fourth-order valence-corrected chi connectivity index (χ4v) is 2.34. The van der Waals surface area contributed by atoms with Gasteiger partial charge in [-0.15, -0.1) is 0 Å². The number of hydrogen-bond donors (Lipinski definition) is 0. The Bertz CT molecular complexity index is 358. The molecule has 0 amide bonds. The minimum absolute atomic E-state index is 1.16. The van der Waals surface area contributed by atoms with Crippen LogP contribution in [-0.2, 0) is 19.3 Å². The van der Waals surface area contributed by atoms with E-state index in [4.69, 9.17) is 0 Å². The van der Waals surface area contributed by atoms with E-state index in [9.17, 15) is 0 Å². The van der Waals surface area contributed by atoms with E-state index < -0.39 is 0 Å². The van der Waals surface area contributed by atoms with Crippen molar-refractivity contribution in [3.63, 3.8) is 0 Å². The van der Waals surface area contributed by atoms with E-state index in [1.807, 2.05) is 0 Å². The van der Waals surface area contributed by atoms with Gasteiger partial charge in [-0.1, -0.05) is 24.3 Å². The van der Waals surface area contributed by atoms with Crippen LogP contribution in [0.3, 0.4) is 0 Å². The molecule has 0 fully saturated rings. The Kier molecular flexibility index (Phi) is 1.20. The first-order valence-electron chi connectivity index (χ1n) is 4.75. The van der Waals surface area contributed by atoms with Gasteiger partial charge in [-0.2, -0.15) is 0 Å². The van der Waals surface area contributed by atoms with E-state index in [1.54, 1.807) is 11.1 Å². The van der Waals surface area contributed by atoms with Crippen molar-refractivity contribution in [1.29, 1.82) is 0 Å². The molecule has 0 unspecified atom stereocenters. The number of benzene rings is 1. The molecule has 0 saturated heterocycles. The fraction of sp³-hybridized carbons (Fsp3) is 0.333. The summed E-state index contributed by atoms with van der Waals surface area (Å²) >= 11 is 0. The molecule has 0 N–H and O–H groups in total. The Morgan fingerprint density at radius 1 is 0.917 bits per heavy atom. The highest BCUT2D eigenvalue weighted by molar-refractivity contribution is 5.62. The van der Waals surface area contributed by atoms with Crippen molar-refractivity contribution in [2.24, 2.45) is 0 Å². The highest BCUT2D eigenvalue weighted by Gasteiger charge is 2.14. The van der Waals surface area contributed by atoms with Crippen LogP contribution in [0.1, 0.15) is 28.7 Å². The molecule has 0 nitrogen and oxygen atoms in total. The van der Waals surface area contributed by atoms with E-state index in [1.165, 1.54) is 30.4 Å². The second-order valence-electron chi connectivity index (χ2n) is 3.78. The predicted molar refractivity (Wildman–Crippen MR) is 51.2 cm³/mol. The summed E-state index contributed by atoms with van der Waals surface area (Å²) in [6.45, 7) is 0. The van der Waals surface area contributed by atoms with Gasteiger partial charge >= 0.3 is 0 Å². The summed E-state index contributed by atoms with van der Waals surface area (Å²) in [6.07, 6.45) is 9.65. The standard InChI is InChI=1S/C12H12/c1-3-9-7-11-5-2-6-12(11)8-10(9)4-1/h1,3,7-8H,2,4-6H2. The number of allylic oxidation sites excluding steroid dienone is 1. The van der Waals surface area contributed by atoms with Crippen molar-refractivity contribution in [2.75, 3.05) is 0 Å². The van der Waals surface area contributed by atoms with Crippen molar-refractivity contribution in [3.05, 3.63) is 40.5 Å². The zero-order valence-corrected chi connectivity index (χ0v) is 7.14. The van der Waals surface area contributed by atoms with E-state index >= 15 is 0 Å². The van der Waals surface area contributed by atoms with Gasteiger partial charge in [0.15, 0.2) is 0 Å². The lowest BCUT2D eigenvalue weighted by atomic mass is 10.0. The molecule has 3 rings (SSSR count). The minimum atomic E-state index is 1.16. The summed E-state index contributed by atoms with van der Waals surface area (Å²) in [5.74, 6) is 0. The van der Waals surface area contributed by atoms with Crippen LogP contribution in [0.4, 0.5) is 0 Å². The maximum atomic E-state index is 2.41. The Balaban J connectivity index is 2.23. The molecule has 1 aromatic rings. The van der Waals surface area contributed by atoms with Crippen LogP contribution in [-0.4, -0.2) is 0 Å². The van der Waals surface area contributed by atoms with Crippen LogP contribution in [0.2, 0.25) is 0 Å². The van der Waals surface area contributed by atoms with Crippen LogP contribution in [0.5, 0.6) is 0 Å². The highest BCUT2D eigenvalue weighted by atomic mass is 14.2. The quantitative estimate of drug-likeness (QED) is 0.542. The third-order valence-corrected chi connectivity index (χ3v) is 2.99. The van der Waals surface area contributed by atoms with Crippen molar-refractivity contribution in [2.45, 2.75) is 25.7 Å². The molecule has 0 heterocycles. The first-order valence-corrected chi connectivity index (χ1v) is 4.75. The molecule has 12 heavy (non-hydrogen) atoms. The largest absolute Gasteiger partial charge is 0.0795 e. The van der Waals surface area contributed by atoms with E-state index in [0.717, 1.165) is 6.42 Å². The predicted octanol–water partition coefficient (Wildman–Crippen LogP) is 2.74. The van der Waals surface area contributed by atoms with Gasteiger partial charge in [-0.05, 0) is 47.9 Å². The molecule has 0 saturated carbocycles. The average Bonchev–Trinajstić information content (AvgIpc) is 2.64. The smallest absolute Gasteiger partial charge is 0.00881 e. The maximum Gasteiger partial charge on any atom is -0.00881 e. The normalized spacial score (nSPS) is 18.0. The third kappa shape index (κ3) is 0.781. The highest BCUT2D eigenvalue weighted by Crippen LogP contribution is 2.29. The number of aryl methyl sites for hydroxylation is 2. The van der Waals surface area contributed by atoms with E-state index in [0.29, 0.717) is 0 Å². The van der Waals surface area contributed by atoms with Gasteiger partial charge in [0.05, 0.1) is 0 Å². The Labute approximate surface area is 72.9 Å². The lowest BCUT2D eigenvalue weighted by Gasteiger charge is -2.03. The van der Waals surface area contributed by atoms with Gasteiger partial charge < -0.3 is 0 Å². The number of hydrogen-bond acceptors (Lipinski definition) is 0. The topological polar surface area (TPSA) is 0 Å². The van der Waals surface area contributed by atoms with Crippen molar-refractivity contribution < 1.29 is 0 Å². The Morgan fingerprint density at radius 2 is 1.75 bits per heavy atom. The number of fused-ring (bicyclic) bond motifs is 2. The van der Waals surface area contributed by atoms with Gasteiger partial charge in [0.1, 0.15) is 0 Å². The summed E-state index contributed by atoms with van der Waals surface area (Å²) < 4.78 is 0. The molecular formula is C12H12. The van der Waals surface area contributed by atoms with Gasteiger partial charge in [0.25, 0.3) is 0 Å². The lowest BCUT2D eigenvalue weighted by Crippen LogP contribution is -1.88. The zero-order chi connectivity index (χ0) is 7.97. The van der Waals surface area contributed by atoms with E-state index in [2.05, 4.69) is 24.3 Å². The second-order valence-corrected chi connectivity index (χ2v) is 3.78. The van der Waals surface area contributed by atoms with Crippen LogP contribution in [0, 0.1) is 0 Å². The summed E-state index contributed by atoms with van der Waals surface area (Å²) in [7, 11) is 0. The summed E-state index contributed by atoms with van der Waals surface area (Å²) in [6, 6.07) is 4.80. The van der Waals surface area contributed by atoms with Crippen molar-refractivity contribution >= 4 is 6.08 Å². The summed E-state index contributed by atoms with van der Waals surface area (Å²) in [5.41, 5.74) is 6.21. The first-order chi connectivity index (χ1) is 5.93. The molecular weight excluding hydrogens is 144 g/mol. The van der Waals surface area contributed by atoms with Gasteiger partial charge in [0.2, 0.25) is 0 Å². The summed E-state index contributed by atoms with van der Waals surface area (Å²) in [4.78, 5) is 0. The molecule has 2 aliphatic rings. The van der Waals surface area contributed by atoms with Gasteiger partial charge in [-0.3, -0.25) is 0 Å². The summed E-state index contributed by atoms with van der Waals surface area (Å²) in [5, 5.41) is 0. The van der Waals surface area contributed by atoms with Crippen LogP contribution < -0.4 is 0 Å². The zero-order valence-electron chi connectivity index (χ0n) is 7.14. The lowest BCUT2D eigenvalue weighted by molar-refractivity contribution is 0.911. The van der Waals surface area contributed by atoms with Crippen LogP contribution >= 0.6 is 0 Å². The van der Waals surface area contributed by atoms with Crippen LogP contribution in [0.15, 0.2) is 18.2 Å². The molecule has 0 radical (unpaired) electrons. The minimum Gasteiger partial charge on any atom is -0.0795 e. The molecule has 0 heteroatoms. The van der Waals surface area contributed by atoms with E-state index in [-0.39, 0.29) is 0 Å². The van der Waals surface area contributed by atoms with Gasteiger partial charge in [0, 0.05) is 0 Å². The average molecular weight is 156 g/mol. The van der Waals surface area contributed by atoms with Crippen molar-refractivity contribution in [3.8, 4) is 0 Å². The molecule has 0 atom stereocenters. The molecule has 0 aliphatic heterocycles. The molecule has 0 bridgehead atoms. The maximum absolute atomic E-state index is 2.41. The van der Waals surface area contributed by atoms with Gasteiger partial charge in [-0.25, -0.2) is 0 Å². The molecule has 0 spiro atoms. The SMILES string of the molecule is C1=Cc2cc3c(cc2C1)CCC3. The monoisotopic (exact) mass is 156 g/mol. The third-order valence-electron chi connectivity index (χ3n) is 2.99. The van der Waals surface area contributed by atoms with Crippen molar-refractivity contribution in [1.82, 2.24) is 0 Å². The fourth-order valence-electron chi connectivity index (χ4n) is 2.34. The molecule has 2 aliphatic carbocycles. The molecule has 60 valence electrons.